The molecule has 0 aliphatic heterocycles. The van der Waals surface area contributed by atoms with Gasteiger partial charge in [0.05, 0.1) is 0 Å². The zero-order valence-electron chi connectivity index (χ0n) is 13.2. The molecule has 2 rings (SSSR count). The van der Waals surface area contributed by atoms with Crippen molar-refractivity contribution < 1.29 is 13.2 Å². The van der Waals surface area contributed by atoms with E-state index in [4.69, 9.17) is 0 Å². The zero-order valence-corrected chi connectivity index (χ0v) is 14.8. The maximum Gasteiger partial charge on any atom is 0.412 e. The van der Waals surface area contributed by atoms with E-state index in [-0.39, 0.29) is 11.0 Å². The van der Waals surface area contributed by atoms with Crippen molar-refractivity contribution in [2.75, 3.05) is 5.32 Å². The van der Waals surface area contributed by atoms with E-state index >= 15 is 0 Å². The molecule has 0 radical (unpaired) electrons. The first-order valence-electron chi connectivity index (χ1n) is 7.26. The highest BCUT2D eigenvalue weighted by Crippen LogP contribution is 2.36. The van der Waals surface area contributed by atoms with Gasteiger partial charge < -0.3 is 5.32 Å². The topological polar surface area (TPSA) is 12.0 Å². The van der Waals surface area contributed by atoms with E-state index in [1.807, 2.05) is 12.1 Å². The summed E-state index contributed by atoms with van der Waals surface area (Å²) in [4.78, 5) is 0. The fraction of sp³-hybridized carbons (Fsp3) is 0.333. The summed E-state index contributed by atoms with van der Waals surface area (Å²) in [6.07, 6.45) is -4.38. The van der Waals surface area contributed by atoms with Gasteiger partial charge in [-0.25, -0.2) is 0 Å². The summed E-state index contributed by atoms with van der Waals surface area (Å²) < 4.78 is 40.9. The summed E-state index contributed by atoms with van der Waals surface area (Å²) in [5.41, 5.74) is 1.67. The third kappa shape index (κ3) is 4.74. The van der Waals surface area contributed by atoms with E-state index in [0.29, 0.717) is 5.69 Å². The number of hydrogen-bond donors (Lipinski definition) is 1. The van der Waals surface area contributed by atoms with Gasteiger partial charge in [-0.15, -0.1) is 0 Å². The molecule has 0 amide bonds. The van der Waals surface area contributed by atoms with Crippen molar-refractivity contribution in [2.24, 2.45) is 0 Å². The van der Waals surface area contributed by atoms with Gasteiger partial charge in [0.1, 0.15) is 6.04 Å². The first kappa shape index (κ1) is 17.9. The van der Waals surface area contributed by atoms with Gasteiger partial charge in [0, 0.05) is 10.2 Å². The van der Waals surface area contributed by atoms with Crippen LogP contribution in [0.4, 0.5) is 18.9 Å². The molecule has 2 aromatic rings. The molecule has 5 heteroatoms. The molecule has 0 unspecified atom stereocenters. The molecule has 0 fully saturated rings. The van der Waals surface area contributed by atoms with Crippen molar-refractivity contribution in [3.8, 4) is 0 Å². The van der Waals surface area contributed by atoms with E-state index in [1.165, 1.54) is 12.1 Å². The Kier molecular flexibility index (Phi) is 5.09. The van der Waals surface area contributed by atoms with Gasteiger partial charge >= 0.3 is 6.18 Å². The highest BCUT2D eigenvalue weighted by molar-refractivity contribution is 9.10. The maximum absolute atomic E-state index is 13.4. The van der Waals surface area contributed by atoms with E-state index in [2.05, 4.69) is 42.0 Å². The van der Waals surface area contributed by atoms with E-state index in [1.54, 1.807) is 24.3 Å². The Morgan fingerprint density at radius 1 is 0.870 bits per heavy atom. The number of anilines is 1. The average molecular weight is 386 g/mol. The van der Waals surface area contributed by atoms with Crippen molar-refractivity contribution in [1.82, 2.24) is 0 Å². The van der Waals surface area contributed by atoms with Crippen LogP contribution in [0.1, 0.15) is 37.9 Å². The number of alkyl halides is 3. The lowest BCUT2D eigenvalue weighted by Crippen LogP contribution is -2.27. The second-order valence-corrected chi connectivity index (χ2v) is 7.41. The van der Waals surface area contributed by atoms with Gasteiger partial charge in [-0.05, 0) is 40.8 Å². The molecule has 0 bridgehead atoms. The molecule has 0 saturated carbocycles. The fourth-order valence-corrected chi connectivity index (χ4v) is 2.51. The molecular formula is C18H19BrF3N. The summed E-state index contributed by atoms with van der Waals surface area (Å²) in [6, 6.07) is 11.5. The minimum atomic E-state index is -4.38. The lowest BCUT2D eigenvalue weighted by molar-refractivity contribution is -0.144. The Balaban J connectivity index is 2.27. The molecule has 0 spiro atoms. The number of benzene rings is 2. The van der Waals surface area contributed by atoms with E-state index in [0.717, 1.165) is 10.0 Å². The highest BCUT2D eigenvalue weighted by Gasteiger charge is 2.40. The lowest BCUT2D eigenvalue weighted by atomic mass is 9.87. The quantitative estimate of drug-likeness (QED) is 0.638. The van der Waals surface area contributed by atoms with E-state index < -0.39 is 12.2 Å². The Morgan fingerprint density at radius 3 is 1.83 bits per heavy atom. The van der Waals surface area contributed by atoms with Crippen LogP contribution < -0.4 is 5.32 Å². The van der Waals surface area contributed by atoms with Crippen LogP contribution in [0.25, 0.3) is 0 Å². The van der Waals surface area contributed by atoms with Crippen molar-refractivity contribution >= 4 is 21.6 Å². The lowest BCUT2D eigenvalue weighted by Gasteiger charge is -2.24. The van der Waals surface area contributed by atoms with Crippen LogP contribution in [-0.2, 0) is 5.41 Å². The molecule has 0 heterocycles. The minimum Gasteiger partial charge on any atom is -0.370 e. The normalized spacial score (nSPS) is 13.7. The predicted octanol–water partition coefficient (Wildman–Crippen LogP) is 6.46. The number of hydrogen-bond acceptors (Lipinski definition) is 1. The molecule has 0 aromatic heterocycles. The molecule has 0 aliphatic carbocycles. The van der Waals surface area contributed by atoms with Crippen LogP contribution in [0.3, 0.4) is 0 Å². The zero-order chi connectivity index (χ0) is 17.3. The molecule has 124 valence electrons. The van der Waals surface area contributed by atoms with Crippen molar-refractivity contribution in [3.63, 3.8) is 0 Å². The first-order valence-corrected chi connectivity index (χ1v) is 8.06. The summed E-state index contributed by atoms with van der Waals surface area (Å²) in [5, 5.41) is 2.59. The van der Waals surface area contributed by atoms with Gasteiger partial charge in [-0.1, -0.05) is 61.0 Å². The standard InChI is InChI=1S/C18H19BrF3N/c1-17(2,3)13-6-10-15(11-7-13)23-16(18(20,21)22)12-4-8-14(19)9-5-12/h4-11,16,23H,1-3H3/t16-/m1/s1. The molecular weight excluding hydrogens is 367 g/mol. The minimum absolute atomic E-state index is 0.0341. The molecule has 1 nitrogen and oxygen atoms in total. The highest BCUT2D eigenvalue weighted by atomic mass is 79.9. The molecule has 0 saturated heterocycles. The largest absolute Gasteiger partial charge is 0.412 e. The van der Waals surface area contributed by atoms with Crippen LogP contribution in [-0.4, -0.2) is 6.18 Å². The molecule has 1 atom stereocenters. The Morgan fingerprint density at radius 2 is 1.39 bits per heavy atom. The Labute approximate surface area is 143 Å². The summed E-state index contributed by atoms with van der Waals surface area (Å²) >= 11 is 3.24. The summed E-state index contributed by atoms with van der Waals surface area (Å²) in [5.74, 6) is 0. The van der Waals surface area contributed by atoms with Gasteiger partial charge in [0.2, 0.25) is 0 Å². The number of nitrogens with one attached hydrogen (secondary N) is 1. The second kappa shape index (κ2) is 6.56. The first-order chi connectivity index (χ1) is 10.6. The predicted molar refractivity (Wildman–Crippen MR) is 91.7 cm³/mol. The molecule has 1 N–H and O–H groups in total. The molecule has 2 aromatic carbocycles. The van der Waals surface area contributed by atoms with Crippen LogP contribution in [0.5, 0.6) is 0 Å². The van der Waals surface area contributed by atoms with Crippen LogP contribution in [0.15, 0.2) is 53.0 Å². The fourth-order valence-electron chi connectivity index (χ4n) is 2.24. The van der Waals surface area contributed by atoms with Crippen molar-refractivity contribution in [2.45, 2.75) is 38.4 Å². The third-order valence-corrected chi connectivity index (χ3v) is 4.12. The van der Waals surface area contributed by atoms with Gasteiger partial charge in [0.15, 0.2) is 0 Å². The van der Waals surface area contributed by atoms with Crippen LogP contribution in [0.2, 0.25) is 0 Å². The number of halogens is 4. The second-order valence-electron chi connectivity index (χ2n) is 6.50. The van der Waals surface area contributed by atoms with Crippen LogP contribution >= 0.6 is 15.9 Å². The van der Waals surface area contributed by atoms with E-state index in [9.17, 15) is 13.2 Å². The maximum atomic E-state index is 13.4. The summed E-state index contributed by atoms with van der Waals surface area (Å²) in [6.45, 7) is 6.20. The third-order valence-electron chi connectivity index (χ3n) is 3.59. The van der Waals surface area contributed by atoms with Gasteiger partial charge in [0.25, 0.3) is 0 Å². The SMILES string of the molecule is CC(C)(C)c1ccc(N[C@H](c2ccc(Br)cc2)C(F)(F)F)cc1. The molecule has 0 aliphatic rings. The average Bonchev–Trinajstić information content (AvgIpc) is 2.44. The van der Waals surface area contributed by atoms with Crippen LogP contribution in [0, 0.1) is 0 Å². The Hall–Kier alpha value is -1.49. The molecule has 23 heavy (non-hydrogen) atoms. The Bertz CT molecular complexity index is 640. The van der Waals surface area contributed by atoms with Crippen molar-refractivity contribution in [3.05, 3.63) is 64.1 Å². The summed E-state index contributed by atoms with van der Waals surface area (Å²) in [7, 11) is 0. The smallest absolute Gasteiger partial charge is 0.370 e. The van der Waals surface area contributed by atoms with Crippen molar-refractivity contribution in [1.29, 1.82) is 0 Å². The van der Waals surface area contributed by atoms with Gasteiger partial charge in [-0.2, -0.15) is 13.2 Å². The number of rotatable bonds is 3. The monoisotopic (exact) mass is 385 g/mol. The van der Waals surface area contributed by atoms with Gasteiger partial charge in [-0.3, -0.25) is 0 Å².